The van der Waals surface area contributed by atoms with Crippen molar-refractivity contribution in [2.45, 2.75) is 32.5 Å². The fraction of sp³-hybridized carbons (Fsp3) is 0.455. The van der Waals surface area contributed by atoms with Crippen LogP contribution in [0.25, 0.3) is 0 Å². The van der Waals surface area contributed by atoms with E-state index in [4.69, 9.17) is 4.74 Å². The average molecular weight is 264 g/mol. The van der Waals surface area contributed by atoms with E-state index in [1.807, 2.05) is 0 Å². The van der Waals surface area contributed by atoms with E-state index in [9.17, 15) is 22.8 Å². The molecule has 0 aliphatic heterocycles. The number of ether oxygens (including phenoxy) is 1. The maximum atomic E-state index is 12.6. The van der Waals surface area contributed by atoms with E-state index in [1.54, 1.807) is 0 Å². The Hall–Kier alpha value is -1.79. The van der Waals surface area contributed by atoms with Gasteiger partial charge in [0, 0.05) is 6.07 Å². The monoisotopic (exact) mass is 264 g/mol. The van der Waals surface area contributed by atoms with Gasteiger partial charge in [0.25, 0.3) is 0 Å². The highest BCUT2D eigenvalue weighted by Crippen LogP contribution is 2.34. The molecule has 0 spiro atoms. The fourth-order valence-electron chi connectivity index (χ4n) is 1.16. The van der Waals surface area contributed by atoms with E-state index in [-0.39, 0.29) is 6.29 Å². The Morgan fingerprint density at radius 3 is 2.28 bits per heavy atom. The van der Waals surface area contributed by atoms with Gasteiger partial charge in [-0.15, -0.1) is 0 Å². The Bertz CT molecular complexity index is 466. The summed E-state index contributed by atoms with van der Waals surface area (Å²) in [5.74, 6) is -3.30. The van der Waals surface area contributed by atoms with Crippen molar-refractivity contribution < 1.29 is 31.9 Å². The highest BCUT2D eigenvalue weighted by molar-refractivity contribution is 5.92. The lowest BCUT2D eigenvalue weighted by molar-refractivity contribution is -0.153. The molecule has 4 nitrogen and oxygen atoms in total. The number of rotatable bonds is 2. The van der Waals surface area contributed by atoms with Crippen LogP contribution in [0.4, 0.5) is 13.2 Å². The maximum Gasteiger partial charge on any atom is 0.450 e. The van der Waals surface area contributed by atoms with E-state index >= 15 is 0 Å². The Kier molecular flexibility index (Phi) is 3.54. The maximum absolute atomic E-state index is 12.6. The topological polar surface area (TPSA) is 56.5 Å². The van der Waals surface area contributed by atoms with Gasteiger partial charge in [-0.3, -0.25) is 4.79 Å². The molecule has 0 aliphatic rings. The first-order valence-electron chi connectivity index (χ1n) is 4.94. The first-order chi connectivity index (χ1) is 8.04. The third-order valence-corrected chi connectivity index (χ3v) is 1.74. The summed E-state index contributed by atoms with van der Waals surface area (Å²) in [5.41, 5.74) is -1.75. The first-order valence-corrected chi connectivity index (χ1v) is 4.94. The minimum Gasteiger partial charge on any atom is -0.456 e. The number of aldehydes is 1. The van der Waals surface area contributed by atoms with Crippen LogP contribution in [0.3, 0.4) is 0 Å². The van der Waals surface area contributed by atoms with Gasteiger partial charge in [-0.2, -0.15) is 13.2 Å². The number of esters is 1. The van der Waals surface area contributed by atoms with Gasteiger partial charge in [0.05, 0.1) is 0 Å². The van der Waals surface area contributed by atoms with Crippen molar-refractivity contribution in [1.82, 2.24) is 0 Å². The smallest absolute Gasteiger partial charge is 0.450 e. The van der Waals surface area contributed by atoms with Crippen LogP contribution in [0.1, 0.15) is 47.4 Å². The average Bonchev–Trinajstić information content (AvgIpc) is 2.57. The van der Waals surface area contributed by atoms with Gasteiger partial charge < -0.3 is 9.15 Å². The number of hydrogen-bond donors (Lipinski definition) is 0. The molecule has 0 atom stereocenters. The number of carbonyl (C=O) groups excluding carboxylic acids is 2. The van der Waals surface area contributed by atoms with Crippen molar-refractivity contribution in [2.75, 3.05) is 0 Å². The third-order valence-electron chi connectivity index (χ3n) is 1.74. The highest BCUT2D eigenvalue weighted by atomic mass is 19.4. The molecule has 1 aromatic rings. The van der Waals surface area contributed by atoms with Gasteiger partial charge in [-0.05, 0) is 20.8 Å². The summed E-state index contributed by atoms with van der Waals surface area (Å²) in [7, 11) is 0. The van der Waals surface area contributed by atoms with Gasteiger partial charge in [0.1, 0.15) is 11.2 Å². The molecule has 0 N–H and O–H groups in total. The van der Waals surface area contributed by atoms with Crippen molar-refractivity contribution in [3.8, 4) is 0 Å². The van der Waals surface area contributed by atoms with Gasteiger partial charge in [-0.25, -0.2) is 4.79 Å². The lowest BCUT2D eigenvalue weighted by Crippen LogP contribution is -2.25. The van der Waals surface area contributed by atoms with Crippen LogP contribution in [-0.4, -0.2) is 17.9 Å². The quantitative estimate of drug-likeness (QED) is 0.608. The summed E-state index contributed by atoms with van der Waals surface area (Å²) < 4.78 is 46.8. The largest absolute Gasteiger partial charge is 0.456 e. The molecule has 0 fully saturated rings. The zero-order valence-corrected chi connectivity index (χ0v) is 9.92. The molecule has 18 heavy (non-hydrogen) atoms. The predicted molar refractivity (Wildman–Crippen MR) is 54.3 cm³/mol. The van der Waals surface area contributed by atoms with Crippen LogP contribution in [-0.2, 0) is 10.9 Å². The predicted octanol–water partition coefficient (Wildman–Crippen LogP) is 3.07. The number of alkyl halides is 3. The molecule has 1 rings (SSSR count). The summed E-state index contributed by atoms with van der Waals surface area (Å²) in [4.78, 5) is 22.0. The SMILES string of the molecule is CC(C)(C)OC(=O)c1cc(C=O)oc1C(F)(F)F. The molecule has 7 heteroatoms. The Labute approximate surface area is 101 Å². The molecule has 0 bridgehead atoms. The molecule has 1 aromatic heterocycles. The molecule has 0 radical (unpaired) electrons. The number of carbonyl (C=O) groups is 2. The van der Waals surface area contributed by atoms with Gasteiger partial charge in [-0.1, -0.05) is 0 Å². The van der Waals surface area contributed by atoms with Crippen LogP contribution in [0.5, 0.6) is 0 Å². The summed E-state index contributed by atoms with van der Waals surface area (Å²) in [5, 5.41) is 0. The molecule has 0 saturated carbocycles. The van der Waals surface area contributed by atoms with Gasteiger partial charge >= 0.3 is 12.1 Å². The molecule has 1 heterocycles. The molecule has 100 valence electrons. The highest BCUT2D eigenvalue weighted by Gasteiger charge is 2.41. The van der Waals surface area contributed by atoms with Crippen LogP contribution in [0.2, 0.25) is 0 Å². The molecule has 0 amide bonds. The van der Waals surface area contributed by atoms with Crippen molar-refractivity contribution in [2.24, 2.45) is 0 Å². The summed E-state index contributed by atoms with van der Waals surface area (Å²) in [6, 6.07) is 0.712. The number of furan rings is 1. The second-order valence-corrected chi connectivity index (χ2v) is 4.51. The van der Waals surface area contributed by atoms with Crippen LogP contribution in [0, 0.1) is 0 Å². The lowest BCUT2D eigenvalue weighted by atomic mass is 10.1. The standard InChI is InChI=1S/C11H11F3O4/c1-10(2,3)18-9(16)7-4-6(5-15)17-8(7)11(12,13)14/h4-5H,1-3H3. The summed E-state index contributed by atoms with van der Waals surface area (Å²) in [6.07, 6.45) is -4.78. The number of hydrogen-bond acceptors (Lipinski definition) is 4. The van der Waals surface area contributed by atoms with Gasteiger partial charge in [0.2, 0.25) is 5.76 Å². The van der Waals surface area contributed by atoms with Crippen molar-refractivity contribution in [1.29, 1.82) is 0 Å². The zero-order chi connectivity index (χ0) is 14.1. The van der Waals surface area contributed by atoms with E-state index in [2.05, 4.69) is 4.42 Å². The Morgan fingerprint density at radius 2 is 1.89 bits per heavy atom. The minimum absolute atomic E-state index is 0.0864. The summed E-state index contributed by atoms with van der Waals surface area (Å²) >= 11 is 0. The lowest BCUT2D eigenvalue weighted by Gasteiger charge is -2.19. The second-order valence-electron chi connectivity index (χ2n) is 4.51. The Balaban J connectivity index is 3.19. The molecule has 0 unspecified atom stereocenters. The van der Waals surface area contributed by atoms with Gasteiger partial charge in [0.15, 0.2) is 12.0 Å². The molecule has 0 saturated heterocycles. The van der Waals surface area contributed by atoms with Crippen molar-refractivity contribution in [3.05, 3.63) is 23.2 Å². The van der Waals surface area contributed by atoms with E-state index in [1.165, 1.54) is 20.8 Å². The molecule has 0 aliphatic carbocycles. The minimum atomic E-state index is -4.87. The zero-order valence-electron chi connectivity index (χ0n) is 9.92. The van der Waals surface area contributed by atoms with Crippen molar-refractivity contribution >= 4 is 12.3 Å². The van der Waals surface area contributed by atoms with Crippen LogP contribution in [0.15, 0.2) is 10.5 Å². The third kappa shape index (κ3) is 3.35. The Morgan fingerprint density at radius 1 is 1.33 bits per heavy atom. The van der Waals surface area contributed by atoms with Crippen LogP contribution >= 0.6 is 0 Å². The van der Waals surface area contributed by atoms with Crippen molar-refractivity contribution in [3.63, 3.8) is 0 Å². The second kappa shape index (κ2) is 4.47. The normalized spacial score (nSPS) is 12.3. The summed E-state index contributed by atoms with van der Waals surface area (Å²) in [6.45, 7) is 4.54. The number of halogens is 3. The van der Waals surface area contributed by atoms with E-state index in [0.29, 0.717) is 6.07 Å². The molecule has 0 aromatic carbocycles. The van der Waals surface area contributed by atoms with E-state index in [0.717, 1.165) is 0 Å². The first kappa shape index (κ1) is 14.3. The molecular formula is C11H11F3O4. The van der Waals surface area contributed by atoms with E-state index < -0.39 is 34.8 Å². The fourth-order valence-corrected chi connectivity index (χ4v) is 1.16. The molecular weight excluding hydrogens is 253 g/mol. The van der Waals surface area contributed by atoms with Crippen LogP contribution < -0.4 is 0 Å².